The van der Waals surface area contributed by atoms with Crippen molar-refractivity contribution in [2.24, 2.45) is 0 Å². The van der Waals surface area contributed by atoms with Gasteiger partial charge in [0.2, 0.25) is 10.0 Å². The number of sulfonamides is 1. The van der Waals surface area contributed by atoms with E-state index in [4.69, 9.17) is 27.9 Å². The molecule has 162 valence electrons. The minimum Gasteiger partial charge on any atom is -0.479 e. The molecule has 9 heteroatoms. The van der Waals surface area contributed by atoms with E-state index in [1.165, 1.54) is 18.2 Å². The highest BCUT2D eigenvalue weighted by molar-refractivity contribution is 7.89. The van der Waals surface area contributed by atoms with Crippen LogP contribution < -0.4 is 10.1 Å². The van der Waals surface area contributed by atoms with E-state index in [0.29, 0.717) is 34.6 Å². The van der Waals surface area contributed by atoms with Crippen molar-refractivity contribution < 1.29 is 17.9 Å². The lowest BCUT2D eigenvalue weighted by molar-refractivity contribution is -0.122. The van der Waals surface area contributed by atoms with Gasteiger partial charge in [-0.05, 0) is 62.2 Å². The first-order chi connectivity index (χ1) is 14.3. The van der Waals surface area contributed by atoms with E-state index in [0.717, 1.165) is 25.7 Å². The van der Waals surface area contributed by atoms with Gasteiger partial charge in [-0.3, -0.25) is 4.79 Å². The van der Waals surface area contributed by atoms with Crippen LogP contribution in [0.2, 0.25) is 10.0 Å². The number of nitrogens with zero attached hydrogens (tertiary/aromatic N) is 1. The monoisotopic (exact) mass is 470 g/mol. The van der Waals surface area contributed by atoms with Crippen molar-refractivity contribution in [2.45, 2.75) is 43.6 Å². The van der Waals surface area contributed by atoms with Crippen LogP contribution >= 0.6 is 23.2 Å². The fourth-order valence-electron chi connectivity index (χ4n) is 3.20. The van der Waals surface area contributed by atoms with Crippen molar-refractivity contribution in [1.82, 2.24) is 4.31 Å². The van der Waals surface area contributed by atoms with Crippen molar-refractivity contribution in [3.05, 3.63) is 52.5 Å². The molecular formula is C21H24Cl2N2O4S. The Morgan fingerprint density at radius 3 is 2.27 bits per heavy atom. The number of halogens is 2. The van der Waals surface area contributed by atoms with Gasteiger partial charge in [0.1, 0.15) is 5.75 Å². The number of benzene rings is 2. The maximum absolute atomic E-state index is 12.8. The maximum Gasteiger partial charge on any atom is 0.265 e. The lowest BCUT2D eigenvalue weighted by Gasteiger charge is -2.20. The number of nitrogens with one attached hydrogen (secondary N) is 1. The molecule has 1 N–H and O–H groups in total. The number of hydrogen-bond donors (Lipinski definition) is 1. The molecule has 30 heavy (non-hydrogen) atoms. The van der Waals surface area contributed by atoms with Gasteiger partial charge >= 0.3 is 0 Å². The topological polar surface area (TPSA) is 75.7 Å². The molecule has 2 aromatic rings. The van der Waals surface area contributed by atoms with Crippen molar-refractivity contribution in [1.29, 1.82) is 0 Å². The number of ether oxygens (including phenoxy) is 1. The molecular weight excluding hydrogens is 447 g/mol. The number of hydrogen-bond acceptors (Lipinski definition) is 4. The summed E-state index contributed by atoms with van der Waals surface area (Å²) in [6.45, 7) is 2.68. The van der Waals surface area contributed by atoms with Gasteiger partial charge in [0.05, 0.1) is 9.92 Å². The number of rotatable bonds is 6. The van der Waals surface area contributed by atoms with Gasteiger partial charge in [0.15, 0.2) is 6.10 Å². The zero-order valence-corrected chi connectivity index (χ0v) is 18.9. The smallest absolute Gasteiger partial charge is 0.265 e. The van der Waals surface area contributed by atoms with E-state index < -0.39 is 16.1 Å². The zero-order valence-electron chi connectivity index (χ0n) is 16.6. The normalized spacial score (nSPS) is 16.5. The molecule has 0 aliphatic carbocycles. The van der Waals surface area contributed by atoms with Gasteiger partial charge in [-0.2, -0.15) is 4.31 Å². The summed E-state index contributed by atoms with van der Waals surface area (Å²) in [5.74, 6) is -0.0354. The van der Waals surface area contributed by atoms with Crippen LogP contribution in [0.25, 0.3) is 0 Å². The summed E-state index contributed by atoms with van der Waals surface area (Å²) in [4.78, 5) is 12.7. The molecule has 3 rings (SSSR count). The fourth-order valence-corrected chi connectivity index (χ4v) is 5.17. The standard InChI is InChI=1S/C21H24Cl2N2O4S/c1-15(29-20-11-6-16(22)14-19(20)23)21(26)24-17-7-9-18(10-8-17)30(27,28)25-12-4-2-3-5-13-25/h6-11,14-15H,2-5,12-13H2,1H3,(H,24,26). The van der Waals surface area contributed by atoms with Crippen LogP contribution in [0, 0.1) is 0 Å². The third-order valence-electron chi connectivity index (χ3n) is 4.89. The van der Waals surface area contributed by atoms with Gasteiger partial charge in [-0.25, -0.2) is 8.42 Å². The lowest BCUT2D eigenvalue weighted by Crippen LogP contribution is -2.32. The first kappa shape index (κ1) is 22.9. The Labute approximate surface area is 187 Å². The highest BCUT2D eigenvalue weighted by Gasteiger charge is 2.25. The highest BCUT2D eigenvalue weighted by atomic mass is 35.5. The van der Waals surface area contributed by atoms with Crippen LogP contribution in [0.3, 0.4) is 0 Å². The van der Waals surface area contributed by atoms with Gasteiger partial charge < -0.3 is 10.1 Å². The number of amides is 1. The summed E-state index contributed by atoms with van der Waals surface area (Å²) < 4.78 is 32.8. The third-order valence-corrected chi connectivity index (χ3v) is 7.33. The largest absolute Gasteiger partial charge is 0.479 e. The van der Waals surface area contributed by atoms with E-state index in [9.17, 15) is 13.2 Å². The maximum atomic E-state index is 12.8. The minimum atomic E-state index is -3.53. The molecule has 0 radical (unpaired) electrons. The quantitative estimate of drug-likeness (QED) is 0.646. The van der Waals surface area contributed by atoms with Gasteiger partial charge in [0.25, 0.3) is 5.91 Å². The first-order valence-electron chi connectivity index (χ1n) is 9.80. The Balaban J connectivity index is 1.63. The van der Waals surface area contributed by atoms with E-state index in [2.05, 4.69) is 5.32 Å². The first-order valence-corrected chi connectivity index (χ1v) is 12.0. The number of anilines is 1. The molecule has 0 bridgehead atoms. The van der Waals surface area contributed by atoms with Crippen LogP contribution in [0.1, 0.15) is 32.6 Å². The zero-order chi connectivity index (χ0) is 21.7. The Bertz CT molecular complexity index is 989. The van der Waals surface area contributed by atoms with Crippen LogP contribution in [-0.4, -0.2) is 37.8 Å². The summed E-state index contributed by atoms with van der Waals surface area (Å²) in [5, 5.41) is 3.50. The van der Waals surface area contributed by atoms with E-state index in [1.807, 2.05) is 0 Å². The van der Waals surface area contributed by atoms with E-state index >= 15 is 0 Å². The Morgan fingerprint density at radius 2 is 1.67 bits per heavy atom. The summed E-state index contributed by atoms with van der Waals surface area (Å²) in [5.41, 5.74) is 0.479. The molecule has 1 aliphatic heterocycles. The molecule has 1 unspecified atom stereocenters. The Morgan fingerprint density at radius 1 is 1.03 bits per heavy atom. The van der Waals surface area contributed by atoms with E-state index in [1.54, 1.807) is 35.5 Å². The van der Waals surface area contributed by atoms with Crippen molar-refractivity contribution >= 4 is 44.8 Å². The fraction of sp³-hybridized carbons (Fsp3) is 0.381. The van der Waals surface area contributed by atoms with Gasteiger partial charge in [0, 0.05) is 23.8 Å². The summed E-state index contributed by atoms with van der Waals surface area (Å²) in [7, 11) is -3.53. The molecule has 2 aromatic carbocycles. The van der Waals surface area contributed by atoms with Crippen molar-refractivity contribution in [3.63, 3.8) is 0 Å². The SMILES string of the molecule is CC(Oc1ccc(Cl)cc1Cl)C(=O)Nc1ccc(S(=O)(=O)N2CCCCCC2)cc1. The second-order valence-corrected chi connectivity index (χ2v) is 9.95. The van der Waals surface area contributed by atoms with E-state index in [-0.39, 0.29) is 10.8 Å². The minimum absolute atomic E-state index is 0.222. The molecule has 1 heterocycles. The molecule has 1 fully saturated rings. The average molecular weight is 471 g/mol. The van der Waals surface area contributed by atoms with Crippen LogP contribution in [0.15, 0.2) is 47.4 Å². The average Bonchev–Trinajstić information content (AvgIpc) is 3.00. The van der Waals surface area contributed by atoms with Crippen LogP contribution in [0.4, 0.5) is 5.69 Å². The number of carbonyl (C=O) groups is 1. The van der Waals surface area contributed by atoms with Crippen molar-refractivity contribution in [2.75, 3.05) is 18.4 Å². The summed E-state index contributed by atoms with van der Waals surface area (Å²) in [6, 6.07) is 10.9. The molecule has 0 saturated carbocycles. The lowest BCUT2D eigenvalue weighted by atomic mass is 10.2. The highest BCUT2D eigenvalue weighted by Crippen LogP contribution is 2.28. The summed E-state index contributed by atoms with van der Waals surface area (Å²) in [6.07, 6.45) is 3.05. The number of carbonyl (C=O) groups excluding carboxylic acids is 1. The molecule has 1 aliphatic rings. The molecule has 0 aromatic heterocycles. The van der Waals surface area contributed by atoms with Gasteiger partial charge in [-0.15, -0.1) is 0 Å². The molecule has 1 amide bonds. The third kappa shape index (κ3) is 5.66. The second-order valence-electron chi connectivity index (χ2n) is 7.17. The second kappa shape index (κ2) is 10.0. The Kier molecular flexibility index (Phi) is 7.63. The summed E-state index contributed by atoms with van der Waals surface area (Å²) >= 11 is 11.9. The van der Waals surface area contributed by atoms with Crippen molar-refractivity contribution in [3.8, 4) is 5.75 Å². The van der Waals surface area contributed by atoms with Crippen LogP contribution in [-0.2, 0) is 14.8 Å². The van der Waals surface area contributed by atoms with Crippen LogP contribution in [0.5, 0.6) is 5.75 Å². The predicted octanol–water partition coefficient (Wildman–Crippen LogP) is 4.96. The predicted molar refractivity (Wildman–Crippen MR) is 119 cm³/mol. The molecule has 1 saturated heterocycles. The Hall–Kier alpha value is -1.80. The molecule has 6 nitrogen and oxygen atoms in total. The molecule has 1 atom stereocenters. The van der Waals surface area contributed by atoms with Gasteiger partial charge in [-0.1, -0.05) is 36.0 Å². The molecule has 0 spiro atoms.